The Kier molecular flexibility index (Phi) is 10.7. The van der Waals surface area contributed by atoms with Crippen molar-refractivity contribution in [3.8, 4) is 0 Å². The Hall–Kier alpha value is 0. The lowest BCUT2D eigenvalue weighted by Crippen LogP contribution is -2.12. The zero-order valence-corrected chi connectivity index (χ0v) is 15.7. The second-order valence-corrected chi connectivity index (χ2v) is 8.51. The predicted octanol–water partition coefficient (Wildman–Crippen LogP) is 7.18. The molecule has 0 aromatic rings. The van der Waals surface area contributed by atoms with Crippen LogP contribution in [0, 0.1) is 35.5 Å². The Bertz CT molecular complexity index is 218. The fourth-order valence-corrected chi connectivity index (χ4v) is 4.10. The predicted molar refractivity (Wildman–Crippen MR) is 94.0 cm³/mol. The van der Waals surface area contributed by atoms with Crippen molar-refractivity contribution >= 4 is 0 Å². The molecular weight excluding hydrogens is 240 g/mol. The molecule has 0 aromatic carbocycles. The average molecular weight is 283 g/mol. The van der Waals surface area contributed by atoms with E-state index < -0.39 is 0 Å². The summed E-state index contributed by atoms with van der Waals surface area (Å²) in [5, 5.41) is 0. The number of rotatable bonds is 11. The van der Waals surface area contributed by atoms with E-state index in [0.717, 1.165) is 35.5 Å². The molecule has 0 fully saturated rings. The topological polar surface area (TPSA) is 0 Å². The van der Waals surface area contributed by atoms with Crippen molar-refractivity contribution in [3.63, 3.8) is 0 Å². The molecule has 0 heterocycles. The van der Waals surface area contributed by atoms with E-state index in [2.05, 4.69) is 55.4 Å². The molecular formula is C20H42. The Labute approximate surface area is 130 Å². The van der Waals surface area contributed by atoms with Gasteiger partial charge in [0, 0.05) is 0 Å². The van der Waals surface area contributed by atoms with Gasteiger partial charge in [0.15, 0.2) is 0 Å². The van der Waals surface area contributed by atoms with Crippen molar-refractivity contribution in [2.45, 2.75) is 93.9 Å². The highest BCUT2D eigenvalue weighted by Gasteiger charge is 2.16. The van der Waals surface area contributed by atoms with Gasteiger partial charge in [0.2, 0.25) is 0 Å². The third-order valence-corrected chi connectivity index (χ3v) is 4.79. The maximum absolute atomic E-state index is 2.47. The van der Waals surface area contributed by atoms with Gasteiger partial charge in [0.25, 0.3) is 0 Å². The minimum Gasteiger partial charge on any atom is -0.0651 e. The lowest BCUT2D eigenvalue weighted by Gasteiger charge is -2.24. The van der Waals surface area contributed by atoms with Crippen molar-refractivity contribution in [2.24, 2.45) is 35.5 Å². The molecule has 5 atom stereocenters. The summed E-state index contributed by atoms with van der Waals surface area (Å²) in [6.07, 6.45) is 8.41. The van der Waals surface area contributed by atoms with Crippen LogP contribution < -0.4 is 0 Å². The quantitative estimate of drug-likeness (QED) is 0.376. The summed E-state index contributed by atoms with van der Waals surface area (Å²) in [5.74, 6) is 5.35. The maximum atomic E-state index is 2.47. The van der Waals surface area contributed by atoms with Gasteiger partial charge in [-0.05, 0) is 67.6 Å². The molecule has 0 spiro atoms. The van der Waals surface area contributed by atoms with E-state index in [-0.39, 0.29) is 0 Å². The van der Waals surface area contributed by atoms with Gasteiger partial charge in [-0.15, -0.1) is 0 Å². The standard InChI is InChI=1S/C20H42/c1-9-16(4)11-18(6)13-20(8)14-19(7)12-17(5)10-15(2)3/h15-20H,9-14H2,1-8H3. The molecule has 0 aliphatic carbocycles. The molecule has 0 saturated heterocycles. The fraction of sp³-hybridized carbons (Fsp3) is 1.00. The summed E-state index contributed by atoms with van der Waals surface area (Å²) in [6.45, 7) is 19.2. The molecule has 0 bridgehead atoms. The fourth-order valence-electron chi connectivity index (χ4n) is 4.10. The van der Waals surface area contributed by atoms with Crippen molar-refractivity contribution in [2.75, 3.05) is 0 Å². The van der Waals surface area contributed by atoms with Crippen LogP contribution in [0.2, 0.25) is 0 Å². The maximum Gasteiger partial charge on any atom is -0.0438 e. The number of hydrogen-bond donors (Lipinski definition) is 0. The SMILES string of the molecule is CCC(C)CC(C)CC(C)CC(C)CC(C)CC(C)C. The van der Waals surface area contributed by atoms with E-state index in [1.54, 1.807) is 0 Å². The first-order valence-corrected chi connectivity index (χ1v) is 9.24. The van der Waals surface area contributed by atoms with Gasteiger partial charge in [-0.3, -0.25) is 0 Å². The van der Waals surface area contributed by atoms with Crippen molar-refractivity contribution < 1.29 is 0 Å². The van der Waals surface area contributed by atoms with Crippen LogP contribution in [-0.2, 0) is 0 Å². The Balaban J connectivity index is 3.91. The van der Waals surface area contributed by atoms with Gasteiger partial charge in [-0.1, -0.05) is 61.8 Å². The van der Waals surface area contributed by atoms with Crippen LogP contribution in [0.3, 0.4) is 0 Å². The lowest BCUT2D eigenvalue weighted by atomic mass is 9.82. The first-order chi connectivity index (χ1) is 9.24. The van der Waals surface area contributed by atoms with Crippen LogP contribution in [0.4, 0.5) is 0 Å². The van der Waals surface area contributed by atoms with Crippen LogP contribution in [0.15, 0.2) is 0 Å². The molecule has 0 aromatic heterocycles. The summed E-state index contributed by atoms with van der Waals surface area (Å²) >= 11 is 0. The molecule has 0 saturated carbocycles. The van der Waals surface area contributed by atoms with E-state index in [1.165, 1.54) is 38.5 Å². The van der Waals surface area contributed by atoms with Crippen molar-refractivity contribution in [1.29, 1.82) is 0 Å². The molecule has 5 unspecified atom stereocenters. The van der Waals surface area contributed by atoms with Crippen molar-refractivity contribution in [1.82, 2.24) is 0 Å². The Morgan fingerprint density at radius 3 is 1.05 bits per heavy atom. The first-order valence-electron chi connectivity index (χ1n) is 9.24. The second kappa shape index (κ2) is 10.7. The molecule has 0 N–H and O–H groups in total. The molecule has 20 heavy (non-hydrogen) atoms. The van der Waals surface area contributed by atoms with E-state index in [9.17, 15) is 0 Å². The average Bonchev–Trinajstić information content (AvgIpc) is 2.26. The Morgan fingerprint density at radius 2 is 0.750 bits per heavy atom. The summed E-state index contributed by atoms with van der Waals surface area (Å²) in [6, 6.07) is 0. The Morgan fingerprint density at radius 1 is 0.450 bits per heavy atom. The summed E-state index contributed by atoms with van der Waals surface area (Å²) in [7, 11) is 0. The van der Waals surface area contributed by atoms with E-state index >= 15 is 0 Å². The van der Waals surface area contributed by atoms with Gasteiger partial charge in [0.1, 0.15) is 0 Å². The van der Waals surface area contributed by atoms with E-state index in [0.29, 0.717) is 0 Å². The third-order valence-electron chi connectivity index (χ3n) is 4.79. The van der Waals surface area contributed by atoms with E-state index in [1.807, 2.05) is 0 Å². The molecule has 0 aliphatic heterocycles. The van der Waals surface area contributed by atoms with Crippen LogP contribution in [-0.4, -0.2) is 0 Å². The highest BCUT2D eigenvalue weighted by Crippen LogP contribution is 2.28. The van der Waals surface area contributed by atoms with Crippen LogP contribution in [0.1, 0.15) is 93.9 Å². The molecule has 0 aliphatic rings. The summed E-state index contributed by atoms with van der Waals surface area (Å²) in [5.41, 5.74) is 0. The summed E-state index contributed by atoms with van der Waals surface area (Å²) in [4.78, 5) is 0. The first kappa shape index (κ1) is 20.0. The van der Waals surface area contributed by atoms with E-state index in [4.69, 9.17) is 0 Å². The molecule has 0 heteroatoms. The highest BCUT2D eigenvalue weighted by atomic mass is 14.2. The molecule has 0 amide bonds. The normalized spacial score (nSPS) is 19.6. The van der Waals surface area contributed by atoms with Crippen LogP contribution in [0.25, 0.3) is 0 Å². The van der Waals surface area contributed by atoms with Crippen molar-refractivity contribution in [3.05, 3.63) is 0 Å². The number of hydrogen-bond acceptors (Lipinski definition) is 0. The lowest BCUT2D eigenvalue weighted by molar-refractivity contribution is 0.274. The minimum atomic E-state index is 0.852. The van der Waals surface area contributed by atoms with Gasteiger partial charge >= 0.3 is 0 Å². The van der Waals surface area contributed by atoms with Gasteiger partial charge in [-0.25, -0.2) is 0 Å². The highest BCUT2D eigenvalue weighted by molar-refractivity contribution is 4.68. The van der Waals surface area contributed by atoms with Gasteiger partial charge in [-0.2, -0.15) is 0 Å². The monoisotopic (exact) mass is 282 g/mol. The molecule has 0 radical (unpaired) electrons. The third kappa shape index (κ3) is 10.7. The summed E-state index contributed by atoms with van der Waals surface area (Å²) < 4.78 is 0. The van der Waals surface area contributed by atoms with Crippen LogP contribution >= 0.6 is 0 Å². The molecule has 0 rings (SSSR count). The minimum absolute atomic E-state index is 0.852. The largest absolute Gasteiger partial charge is 0.0651 e. The second-order valence-electron chi connectivity index (χ2n) is 8.51. The van der Waals surface area contributed by atoms with Crippen LogP contribution in [0.5, 0.6) is 0 Å². The molecule has 0 nitrogen and oxygen atoms in total. The van der Waals surface area contributed by atoms with Gasteiger partial charge < -0.3 is 0 Å². The smallest absolute Gasteiger partial charge is 0.0438 e. The zero-order valence-electron chi connectivity index (χ0n) is 15.7. The van der Waals surface area contributed by atoms with Gasteiger partial charge in [0.05, 0.1) is 0 Å². The molecule has 122 valence electrons. The zero-order chi connectivity index (χ0) is 15.7.